The smallest absolute Gasteiger partial charge is 0.243 e. The standard InChI is InChI=1S/C12H12BrNO3S/c1-14(8-10-6-7-17-9-10)18(15,16)12-4-2-11(13)3-5-12/h2-7,9H,8H2,1H3. The third-order valence-corrected chi connectivity index (χ3v) is 4.85. The largest absolute Gasteiger partial charge is 0.472 e. The second-order valence-corrected chi connectivity index (χ2v) is 6.81. The van der Waals surface area contributed by atoms with E-state index in [1.54, 1.807) is 37.4 Å². The molecule has 2 rings (SSSR count). The Balaban J connectivity index is 2.22. The van der Waals surface area contributed by atoms with Gasteiger partial charge in [0.25, 0.3) is 0 Å². The maximum atomic E-state index is 12.2. The molecule has 0 spiro atoms. The summed E-state index contributed by atoms with van der Waals surface area (Å²) in [7, 11) is -1.91. The summed E-state index contributed by atoms with van der Waals surface area (Å²) in [5, 5.41) is 0. The molecule has 0 aliphatic rings. The Morgan fingerprint density at radius 2 is 1.89 bits per heavy atom. The summed E-state index contributed by atoms with van der Waals surface area (Å²) < 4.78 is 31.6. The zero-order valence-corrected chi connectivity index (χ0v) is 12.1. The summed E-state index contributed by atoms with van der Waals surface area (Å²) in [4.78, 5) is 0.275. The highest BCUT2D eigenvalue weighted by atomic mass is 79.9. The zero-order chi connectivity index (χ0) is 13.2. The molecule has 1 heterocycles. The van der Waals surface area contributed by atoms with Gasteiger partial charge >= 0.3 is 0 Å². The second-order valence-electron chi connectivity index (χ2n) is 3.85. The van der Waals surface area contributed by atoms with Gasteiger partial charge in [0.1, 0.15) is 0 Å². The Morgan fingerprint density at radius 1 is 1.22 bits per heavy atom. The molecule has 0 aliphatic heterocycles. The predicted octanol–water partition coefficient (Wildman–Crippen LogP) is 2.86. The molecule has 0 fully saturated rings. The maximum Gasteiger partial charge on any atom is 0.243 e. The summed E-state index contributed by atoms with van der Waals surface area (Å²) in [6, 6.07) is 8.31. The van der Waals surface area contributed by atoms with Gasteiger partial charge < -0.3 is 4.42 Å². The average molecular weight is 330 g/mol. The fraction of sp³-hybridized carbons (Fsp3) is 0.167. The predicted molar refractivity (Wildman–Crippen MR) is 71.5 cm³/mol. The van der Waals surface area contributed by atoms with Crippen LogP contribution in [0, 0.1) is 0 Å². The first-order valence-corrected chi connectivity index (χ1v) is 7.46. The van der Waals surface area contributed by atoms with Gasteiger partial charge in [-0.3, -0.25) is 0 Å². The van der Waals surface area contributed by atoms with Crippen molar-refractivity contribution in [2.45, 2.75) is 11.4 Å². The summed E-state index contributed by atoms with van der Waals surface area (Å²) in [6.45, 7) is 0.287. The monoisotopic (exact) mass is 329 g/mol. The molecule has 0 radical (unpaired) electrons. The van der Waals surface area contributed by atoms with Crippen molar-refractivity contribution < 1.29 is 12.8 Å². The average Bonchev–Trinajstić information content (AvgIpc) is 2.82. The Labute approximate surface area is 114 Å². The minimum absolute atomic E-state index is 0.275. The molecule has 1 aromatic heterocycles. The van der Waals surface area contributed by atoms with E-state index in [9.17, 15) is 8.42 Å². The first kappa shape index (κ1) is 13.3. The van der Waals surface area contributed by atoms with Crippen LogP contribution in [0.4, 0.5) is 0 Å². The number of rotatable bonds is 4. The Kier molecular flexibility index (Phi) is 3.89. The Morgan fingerprint density at radius 3 is 2.44 bits per heavy atom. The SMILES string of the molecule is CN(Cc1ccoc1)S(=O)(=O)c1ccc(Br)cc1. The van der Waals surface area contributed by atoms with Crippen LogP contribution in [0.15, 0.2) is 56.6 Å². The number of nitrogens with zero attached hydrogens (tertiary/aromatic N) is 1. The molecule has 0 aliphatic carbocycles. The molecular formula is C12H12BrNO3S. The number of sulfonamides is 1. The number of halogens is 1. The molecule has 0 amide bonds. The van der Waals surface area contributed by atoms with Crippen LogP contribution in [0.2, 0.25) is 0 Å². The van der Waals surface area contributed by atoms with Gasteiger partial charge in [-0.15, -0.1) is 0 Å². The van der Waals surface area contributed by atoms with Gasteiger partial charge in [0.05, 0.1) is 17.4 Å². The molecule has 0 atom stereocenters. The van der Waals surface area contributed by atoms with Crippen molar-refractivity contribution in [1.82, 2.24) is 4.31 Å². The lowest BCUT2D eigenvalue weighted by atomic mass is 10.3. The molecule has 0 N–H and O–H groups in total. The first-order valence-electron chi connectivity index (χ1n) is 5.23. The van der Waals surface area contributed by atoms with Crippen molar-refractivity contribution in [2.75, 3.05) is 7.05 Å². The quantitative estimate of drug-likeness (QED) is 0.866. The molecule has 6 heteroatoms. The third kappa shape index (κ3) is 2.82. The van der Waals surface area contributed by atoms with E-state index in [-0.39, 0.29) is 11.4 Å². The van der Waals surface area contributed by atoms with Crippen LogP contribution < -0.4 is 0 Å². The Hall–Kier alpha value is -1.11. The molecule has 2 aromatic rings. The van der Waals surface area contributed by atoms with Gasteiger partial charge in [-0.25, -0.2) is 8.42 Å². The fourth-order valence-corrected chi connectivity index (χ4v) is 2.93. The summed E-state index contributed by atoms with van der Waals surface area (Å²) in [5.41, 5.74) is 0.818. The van der Waals surface area contributed by atoms with E-state index >= 15 is 0 Å². The molecule has 1 aromatic carbocycles. The normalized spacial score (nSPS) is 11.9. The number of hydrogen-bond acceptors (Lipinski definition) is 3. The van der Waals surface area contributed by atoms with Crippen LogP contribution in [-0.2, 0) is 16.6 Å². The molecule has 0 saturated heterocycles. The van der Waals surface area contributed by atoms with Crippen molar-refractivity contribution in [3.8, 4) is 0 Å². The van der Waals surface area contributed by atoms with Gasteiger partial charge in [-0.1, -0.05) is 15.9 Å². The third-order valence-electron chi connectivity index (χ3n) is 2.51. The van der Waals surface area contributed by atoms with Crippen molar-refractivity contribution in [1.29, 1.82) is 0 Å². The van der Waals surface area contributed by atoms with Crippen LogP contribution in [0.1, 0.15) is 5.56 Å². The van der Waals surface area contributed by atoms with Crippen LogP contribution in [0.3, 0.4) is 0 Å². The minimum Gasteiger partial charge on any atom is -0.472 e. The highest BCUT2D eigenvalue weighted by molar-refractivity contribution is 9.10. The molecule has 0 bridgehead atoms. The van der Waals surface area contributed by atoms with Crippen LogP contribution in [0.25, 0.3) is 0 Å². The lowest BCUT2D eigenvalue weighted by Crippen LogP contribution is -2.26. The number of hydrogen-bond donors (Lipinski definition) is 0. The Bertz CT molecular complexity index is 605. The van der Waals surface area contributed by atoms with Crippen LogP contribution in [-0.4, -0.2) is 19.8 Å². The first-order chi connectivity index (χ1) is 8.50. The molecule has 0 saturated carbocycles. The van der Waals surface area contributed by atoms with E-state index in [1.165, 1.54) is 16.8 Å². The topological polar surface area (TPSA) is 50.5 Å². The molecule has 96 valence electrons. The lowest BCUT2D eigenvalue weighted by Gasteiger charge is -2.16. The van der Waals surface area contributed by atoms with Crippen LogP contribution in [0.5, 0.6) is 0 Å². The number of furan rings is 1. The van der Waals surface area contributed by atoms with Crippen LogP contribution >= 0.6 is 15.9 Å². The minimum atomic E-state index is -3.46. The molecule has 18 heavy (non-hydrogen) atoms. The maximum absolute atomic E-state index is 12.2. The van der Waals surface area contributed by atoms with E-state index < -0.39 is 10.0 Å². The van der Waals surface area contributed by atoms with Gasteiger partial charge in [0.2, 0.25) is 10.0 Å². The highest BCUT2D eigenvalue weighted by Crippen LogP contribution is 2.19. The van der Waals surface area contributed by atoms with Crippen molar-refractivity contribution in [3.05, 3.63) is 52.9 Å². The van der Waals surface area contributed by atoms with Gasteiger partial charge in [0.15, 0.2) is 0 Å². The fourth-order valence-electron chi connectivity index (χ4n) is 1.51. The summed E-state index contributed by atoms with van der Waals surface area (Å²) >= 11 is 3.28. The van der Waals surface area contributed by atoms with E-state index in [2.05, 4.69) is 15.9 Å². The van der Waals surface area contributed by atoms with E-state index in [0.717, 1.165) is 10.0 Å². The van der Waals surface area contributed by atoms with E-state index in [1.807, 2.05) is 0 Å². The number of benzene rings is 1. The zero-order valence-electron chi connectivity index (χ0n) is 9.71. The lowest BCUT2D eigenvalue weighted by molar-refractivity contribution is 0.463. The van der Waals surface area contributed by atoms with Gasteiger partial charge in [0, 0.05) is 23.6 Å². The summed E-state index contributed by atoms with van der Waals surface area (Å²) in [6.07, 6.45) is 3.06. The van der Waals surface area contributed by atoms with E-state index in [4.69, 9.17) is 4.42 Å². The van der Waals surface area contributed by atoms with Gasteiger partial charge in [-0.2, -0.15) is 4.31 Å². The molecular weight excluding hydrogens is 318 g/mol. The second kappa shape index (κ2) is 5.26. The molecule has 0 unspecified atom stereocenters. The van der Waals surface area contributed by atoms with Crippen molar-refractivity contribution in [2.24, 2.45) is 0 Å². The van der Waals surface area contributed by atoms with Crippen molar-refractivity contribution in [3.63, 3.8) is 0 Å². The molecule has 4 nitrogen and oxygen atoms in total. The summed E-state index contributed by atoms with van der Waals surface area (Å²) in [5.74, 6) is 0. The van der Waals surface area contributed by atoms with E-state index in [0.29, 0.717) is 0 Å². The van der Waals surface area contributed by atoms with Crippen molar-refractivity contribution >= 4 is 26.0 Å². The highest BCUT2D eigenvalue weighted by Gasteiger charge is 2.20. The van der Waals surface area contributed by atoms with Gasteiger partial charge in [-0.05, 0) is 30.3 Å².